The summed E-state index contributed by atoms with van der Waals surface area (Å²) in [6, 6.07) is 14.0. The molecule has 0 bridgehead atoms. The van der Waals surface area contributed by atoms with Crippen LogP contribution in [0, 0.1) is 5.92 Å². The van der Waals surface area contributed by atoms with Crippen LogP contribution in [0.5, 0.6) is 0 Å². The molecule has 0 saturated heterocycles. The van der Waals surface area contributed by atoms with Gasteiger partial charge in [-0.1, -0.05) is 49.6 Å². The van der Waals surface area contributed by atoms with Gasteiger partial charge in [-0.25, -0.2) is 8.42 Å². The van der Waals surface area contributed by atoms with Crippen molar-refractivity contribution in [2.45, 2.75) is 50.0 Å². The molecule has 176 valence electrons. The molecular weight excluding hydrogens is 438 g/mol. The van der Waals surface area contributed by atoms with Crippen molar-refractivity contribution in [3.05, 3.63) is 65.2 Å². The van der Waals surface area contributed by atoms with Crippen LogP contribution < -0.4 is 10.6 Å². The summed E-state index contributed by atoms with van der Waals surface area (Å²) in [4.78, 5) is 24.9. The monoisotopic (exact) mass is 469 g/mol. The predicted octanol–water partition coefficient (Wildman–Crippen LogP) is 2.86. The van der Waals surface area contributed by atoms with Gasteiger partial charge in [-0.3, -0.25) is 9.59 Å². The third-order valence-corrected chi connectivity index (χ3v) is 8.36. The van der Waals surface area contributed by atoms with Crippen LogP contribution in [-0.2, 0) is 27.8 Å². The molecule has 33 heavy (non-hydrogen) atoms. The summed E-state index contributed by atoms with van der Waals surface area (Å²) in [6.45, 7) is 1.38. The zero-order valence-corrected chi connectivity index (χ0v) is 19.6. The average molecular weight is 470 g/mol. The first kappa shape index (κ1) is 23.4. The molecule has 1 aliphatic carbocycles. The van der Waals surface area contributed by atoms with Gasteiger partial charge in [0, 0.05) is 37.7 Å². The number of amides is 2. The summed E-state index contributed by atoms with van der Waals surface area (Å²) in [5.74, 6) is -0.221. The lowest BCUT2D eigenvalue weighted by Crippen LogP contribution is -2.38. The molecule has 2 amide bonds. The Hall–Kier alpha value is -2.71. The van der Waals surface area contributed by atoms with Crippen LogP contribution >= 0.6 is 0 Å². The van der Waals surface area contributed by atoms with Gasteiger partial charge in [0.1, 0.15) is 0 Å². The molecule has 0 unspecified atom stereocenters. The number of hydrogen-bond acceptors (Lipinski definition) is 4. The van der Waals surface area contributed by atoms with Gasteiger partial charge in [0.25, 0.3) is 5.91 Å². The summed E-state index contributed by atoms with van der Waals surface area (Å²) < 4.78 is 27.9. The molecule has 4 rings (SSSR count). The predicted molar refractivity (Wildman–Crippen MR) is 126 cm³/mol. The van der Waals surface area contributed by atoms with E-state index in [1.54, 1.807) is 12.1 Å². The number of carbonyl (C=O) groups is 2. The molecule has 0 radical (unpaired) electrons. The molecule has 2 N–H and O–H groups in total. The number of nitrogens with one attached hydrogen (secondary N) is 2. The molecule has 2 aromatic carbocycles. The van der Waals surface area contributed by atoms with E-state index in [2.05, 4.69) is 10.6 Å². The fourth-order valence-corrected chi connectivity index (χ4v) is 6.06. The Balaban J connectivity index is 1.33. The van der Waals surface area contributed by atoms with Crippen molar-refractivity contribution >= 4 is 21.8 Å². The summed E-state index contributed by atoms with van der Waals surface area (Å²) in [5.41, 5.74) is 2.47. The molecule has 1 fully saturated rings. The van der Waals surface area contributed by atoms with Gasteiger partial charge in [-0.15, -0.1) is 0 Å². The van der Waals surface area contributed by atoms with Crippen molar-refractivity contribution in [1.82, 2.24) is 14.9 Å². The molecule has 0 spiro atoms. The highest BCUT2D eigenvalue weighted by Crippen LogP contribution is 2.25. The number of rotatable bonds is 7. The summed E-state index contributed by atoms with van der Waals surface area (Å²) in [5, 5.41) is 5.66. The van der Waals surface area contributed by atoms with Crippen molar-refractivity contribution in [2.75, 3.05) is 19.6 Å². The first-order valence-electron chi connectivity index (χ1n) is 11.7. The van der Waals surface area contributed by atoms with Crippen LogP contribution in [0.3, 0.4) is 0 Å². The zero-order chi connectivity index (χ0) is 23.3. The lowest BCUT2D eigenvalue weighted by atomic mass is 9.89. The normalized spacial score (nSPS) is 17.2. The zero-order valence-electron chi connectivity index (χ0n) is 18.8. The minimum Gasteiger partial charge on any atom is -0.354 e. The Labute approximate surface area is 195 Å². The fourth-order valence-electron chi connectivity index (χ4n) is 4.59. The molecule has 8 heteroatoms. The number of nitrogens with zero attached hydrogens (tertiary/aromatic N) is 1. The molecule has 2 aliphatic rings. The Kier molecular flexibility index (Phi) is 7.45. The maximum atomic E-state index is 13.2. The van der Waals surface area contributed by atoms with Crippen LogP contribution in [0.4, 0.5) is 0 Å². The van der Waals surface area contributed by atoms with Crippen LogP contribution in [-0.4, -0.2) is 44.2 Å². The maximum absolute atomic E-state index is 13.2. The van der Waals surface area contributed by atoms with Crippen molar-refractivity contribution in [1.29, 1.82) is 0 Å². The third-order valence-electron chi connectivity index (χ3n) is 6.52. The molecule has 1 heterocycles. The SMILES string of the molecule is O=C(NCCNC(=O)C1CCCCC1)c1cccc(S(=O)(=O)N2CCc3ccccc3C2)c1. The highest BCUT2D eigenvalue weighted by Gasteiger charge is 2.28. The third kappa shape index (κ3) is 5.62. The minimum atomic E-state index is -3.71. The minimum absolute atomic E-state index is 0.0557. The first-order chi connectivity index (χ1) is 15.9. The van der Waals surface area contributed by atoms with Gasteiger partial charge in [-0.2, -0.15) is 4.31 Å². The van der Waals surface area contributed by atoms with Gasteiger partial charge < -0.3 is 10.6 Å². The number of fused-ring (bicyclic) bond motifs is 1. The second kappa shape index (κ2) is 10.5. The van der Waals surface area contributed by atoms with Crippen molar-refractivity contribution in [2.24, 2.45) is 5.92 Å². The molecular formula is C25H31N3O4S. The van der Waals surface area contributed by atoms with Gasteiger partial charge in [0.15, 0.2) is 0 Å². The van der Waals surface area contributed by atoms with Crippen molar-refractivity contribution < 1.29 is 18.0 Å². The van der Waals surface area contributed by atoms with Crippen LogP contribution in [0.1, 0.15) is 53.6 Å². The Bertz CT molecular complexity index is 1110. The van der Waals surface area contributed by atoms with Gasteiger partial charge in [-0.05, 0) is 48.6 Å². The van der Waals surface area contributed by atoms with Crippen molar-refractivity contribution in [3.8, 4) is 0 Å². The van der Waals surface area contributed by atoms with E-state index in [0.717, 1.165) is 31.2 Å². The molecule has 2 aromatic rings. The van der Waals surface area contributed by atoms with E-state index in [1.165, 1.54) is 28.4 Å². The summed E-state index contributed by atoms with van der Waals surface area (Å²) >= 11 is 0. The second-order valence-corrected chi connectivity index (χ2v) is 10.7. The lowest BCUT2D eigenvalue weighted by Gasteiger charge is -2.28. The Morgan fingerprint density at radius 3 is 2.42 bits per heavy atom. The van der Waals surface area contributed by atoms with Crippen LogP contribution in [0.15, 0.2) is 53.4 Å². The first-order valence-corrected chi connectivity index (χ1v) is 13.1. The fraction of sp³-hybridized carbons (Fsp3) is 0.440. The topological polar surface area (TPSA) is 95.6 Å². The smallest absolute Gasteiger partial charge is 0.251 e. The van der Waals surface area contributed by atoms with Gasteiger partial charge >= 0.3 is 0 Å². The quantitative estimate of drug-likeness (QED) is 0.610. The average Bonchev–Trinajstić information content (AvgIpc) is 2.86. The maximum Gasteiger partial charge on any atom is 0.251 e. The van der Waals surface area contributed by atoms with E-state index in [4.69, 9.17) is 0 Å². The van der Waals surface area contributed by atoms with E-state index in [1.807, 2.05) is 24.3 Å². The van der Waals surface area contributed by atoms with E-state index in [0.29, 0.717) is 26.1 Å². The lowest BCUT2D eigenvalue weighted by molar-refractivity contribution is -0.125. The second-order valence-electron chi connectivity index (χ2n) is 8.77. The number of sulfonamides is 1. The Morgan fingerprint density at radius 1 is 0.909 bits per heavy atom. The summed E-state index contributed by atoms with van der Waals surface area (Å²) in [7, 11) is -3.71. The molecule has 0 atom stereocenters. The largest absolute Gasteiger partial charge is 0.354 e. The molecule has 7 nitrogen and oxygen atoms in total. The van der Waals surface area contributed by atoms with Crippen LogP contribution in [0.25, 0.3) is 0 Å². The highest BCUT2D eigenvalue weighted by molar-refractivity contribution is 7.89. The van der Waals surface area contributed by atoms with E-state index >= 15 is 0 Å². The van der Waals surface area contributed by atoms with Crippen molar-refractivity contribution in [3.63, 3.8) is 0 Å². The number of hydrogen-bond donors (Lipinski definition) is 2. The number of benzene rings is 2. The molecule has 0 aromatic heterocycles. The van der Waals surface area contributed by atoms with Crippen LogP contribution in [0.2, 0.25) is 0 Å². The summed E-state index contributed by atoms with van der Waals surface area (Å²) in [6.07, 6.45) is 5.92. The highest BCUT2D eigenvalue weighted by atomic mass is 32.2. The Morgan fingerprint density at radius 2 is 1.64 bits per heavy atom. The van der Waals surface area contributed by atoms with E-state index in [9.17, 15) is 18.0 Å². The number of carbonyl (C=O) groups excluding carboxylic acids is 2. The molecule has 1 saturated carbocycles. The van der Waals surface area contributed by atoms with E-state index < -0.39 is 10.0 Å². The van der Waals surface area contributed by atoms with Gasteiger partial charge in [0.05, 0.1) is 4.90 Å². The van der Waals surface area contributed by atoms with E-state index in [-0.39, 0.29) is 34.7 Å². The van der Waals surface area contributed by atoms with Gasteiger partial charge in [0.2, 0.25) is 15.9 Å². The molecule has 1 aliphatic heterocycles. The standard InChI is InChI=1S/C25H31N3O4S/c29-24(20-8-2-1-3-9-20)26-14-15-27-25(30)21-11-6-12-23(17-21)33(31,32)28-16-13-19-7-4-5-10-22(19)18-28/h4-7,10-12,17,20H,1-3,8-9,13-16,18H2,(H,26,29)(H,27,30).